The summed E-state index contributed by atoms with van der Waals surface area (Å²) in [6.45, 7) is 3.41. The second-order valence-electron chi connectivity index (χ2n) is 10.2. The Morgan fingerprint density at radius 1 is 1.07 bits per heavy atom. The molecule has 3 rings (SSSR count). The lowest BCUT2D eigenvalue weighted by molar-refractivity contribution is -0.143. The van der Waals surface area contributed by atoms with E-state index in [2.05, 4.69) is 5.32 Å². The van der Waals surface area contributed by atoms with Gasteiger partial charge in [0.05, 0.1) is 23.2 Å². The van der Waals surface area contributed by atoms with Gasteiger partial charge in [0.15, 0.2) is 0 Å². The van der Waals surface area contributed by atoms with Crippen molar-refractivity contribution in [3.05, 3.63) is 70.0 Å². The lowest BCUT2D eigenvalue weighted by atomic mass is 9.85. The minimum Gasteiger partial charge on any atom is -0.375 e. The Balaban J connectivity index is 1.92. The Labute approximate surface area is 233 Å². The van der Waals surface area contributed by atoms with Crippen molar-refractivity contribution in [2.45, 2.75) is 51.1 Å². The SMILES string of the molecule is COCC(=O)NC[C@H]1CCN(C(=O)N(C)[C@@H](C)c2cc(C(F)(F)F)cc(C(F)(F)F)c2)[C@@H](c2ccc(F)cc2C)C1. The Morgan fingerprint density at radius 2 is 1.68 bits per heavy atom. The molecule has 0 unspecified atom stereocenters. The molecule has 6 nitrogen and oxygen atoms in total. The van der Waals surface area contributed by atoms with Crippen LogP contribution in [0.5, 0.6) is 0 Å². The van der Waals surface area contributed by atoms with Gasteiger partial charge in [0.25, 0.3) is 0 Å². The molecule has 3 amide bonds. The van der Waals surface area contributed by atoms with E-state index in [-0.39, 0.29) is 36.6 Å². The van der Waals surface area contributed by atoms with Crippen molar-refractivity contribution in [3.8, 4) is 0 Å². The molecule has 0 aromatic heterocycles. The van der Waals surface area contributed by atoms with E-state index in [9.17, 15) is 40.3 Å². The van der Waals surface area contributed by atoms with Gasteiger partial charge in [0.2, 0.25) is 5.91 Å². The monoisotopic (exact) mass is 591 g/mol. The zero-order valence-corrected chi connectivity index (χ0v) is 23.0. The lowest BCUT2D eigenvalue weighted by Gasteiger charge is -2.43. The molecule has 2 aromatic carbocycles. The van der Waals surface area contributed by atoms with Gasteiger partial charge in [-0.05, 0) is 79.6 Å². The Bertz CT molecular complexity index is 1220. The minimum absolute atomic E-state index is 0.0432. The van der Waals surface area contributed by atoms with Crippen molar-refractivity contribution in [1.29, 1.82) is 0 Å². The summed E-state index contributed by atoms with van der Waals surface area (Å²) in [6.07, 6.45) is -9.19. The molecule has 1 heterocycles. The number of benzene rings is 2. The molecule has 0 bridgehead atoms. The highest BCUT2D eigenvalue weighted by Crippen LogP contribution is 2.40. The molecular weight excluding hydrogens is 559 g/mol. The highest BCUT2D eigenvalue weighted by Gasteiger charge is 2.39. The number of ether oxygens (including phenoxy) is 1. The van der Waals surface area contributed by atoms with Gasteiger partial charge in [-0.3, -0.25) is 4.79 Å². The largest absolute Gasteiger partial charge is 0.416 e. The molecule has 226 valence electrons. The van der Waals surface area contributed by atoms with Gasteiger partial charge < -0.3 is 19.9 Å². The first kappa shape index (κ1) is 32.2. The zero-order valence-electron chi connectivity index (χ0n) is 23.0. The van der Waals surface area contributed by atoms with E-state index in [1.807, 2.05) is 0 Å². The number of amides is 3. The molecule has 0 spiro atoms. The maximum Gasteiger partial charge on any atom is 0.416 e. The summed E-state index contributed by atoms with van der Waals surface area (Å²) in [4.78, 5) is 28.2. The fraction of sp³-hybridized carbons (Fsp3) is 0.500. The molecule has 3 atom stereocenters. The number of alkyl halides is 6. The highest BCUT2D eigenvalue weighted by molar-refractivity contribution is 5.77. The van der Waals surface area contributed by atoms with Crippen LogP contribution < -0.4 is 5.32 Å². The Kier molecular flexibility index (Phi) is 9.94. The number of piperidine rings is 1. The fourth-order valence-electron chi connectivity index (χ4n) is 5.01. The van der Waals surface area contributed by atoms with Gasteiger partial charge in [0.1, 0.15) is 12.4 Å². The quantitative estimate of drug-likeness (QED) is 0.374. The first-order valence-electron chi connectivity index (χ1n) is 12.9. The average Bonchev–Trinajstić information content (AvgIpc) is 2.89. The van der Waals surface area contributed by atoms with Gasteiger partial charge in [-0.2, -0.15) is 26.3 Å². The van der Waals surface area contributed by atoms with Crippen molar-refractivity contribution in [1.82, 2.24) is 15.1 Å². The van der Waals surface area contributed by atoms with Crippen LogP contribution in [0.4, 0.5) is 35.5 Å². The van der Waals surface area contributed by atoms with E-state index >= 15 is 0 Å². The number of carbonyl (C=O) groups is 2. The number of aryl methyl sites for hydroxylation is 1. The predicted octanol–water partition coefficient (Wildman–Crippen LogP) is 6.50. The number of methoxy groups -OCH3 is 1. The van der Waals surface area contributed by atoms with Gasteiger partial charge in [-0.1, -0.05) is 6.07 Å². The Hall–Kier alpha value is -3.35. The third kappa shape index (κ3) is 7.90. The molecule has 1 N–H and O–H groups in total. The van der Waals surface area contributed by atoms with Crippen LogP contribution in [0.1, 0.15) is 59.7 Å². The number of nitrogens with zero attached hydrogens (tertiary/aromatic N) is 2. The zero-order chi connectivity index (χ0) is 30.7. The van der Waals surface area contributed by atoms with Crippen molar-refractivity contribution in [3.63, 3.8) is 0 Å². The molecule has 0 aliphatic carbocycles. The number of likely N-dealkylation sites (tertiary alicyclic amines) is 1. The molecule has 2 aromatic rings. The van der Waals surface area contributed by atoms with Gasteiger partial charge in [0, 0.05) is 27.2 Å². The van der Waals surface area contributed by atoms with Gasteiger partial charge in [-0.25, -0.2) is 9.18 Å². The topological polar surface area (TPSA) is 61.9 Å². The first-order valence-corrected chi connectivity index (χ1v) is 12.9. The summed E-state index contributed by atoms with van der Waals surface area (Å²) in [5, 5.41) is 2.77. The highest BCUT2D eigenvalue weighted by atomic mass is 19.4. The van der Waals surface area contributed by atoms with Crippen molar-refractivity contribution >= 4 is 11.9 Å². The number of hydrogen-bond acceptors (Lipinski definition) is 3. The van der Waals surface area contributed by atoms with Crippen LogP contribution in [-0.4, -0.2) is 55.6 Å². The summed E-state index contributed by atoms with van der Waals surface area (Å²) in [5.74, 6) is -0.845. The third-order valence-electron chi connectivity index (χ3n) is 7.39. The number of urea groups is 1. The number of rotatable bonds is 7. The van der Waals surface area contributed by atoms with E-state index < -0.39 is 47.4 Å². The van der Waals surface area contributed by atoms with E-state index in [4.69, 9.17) is 4.74 Å². The smallest absolute Gasteiger partial charge is 0.375 e. The molecule has 0 saturated carbocycles. The summed E-state index contributed by atoms with van der Waals surface area (Å²) < 4.78 is 99.3. The van der Waals surface area contributed by atoms with E-state index in [1.165, 1.54) is 38.1 Å². The van der Waals surface area contributed by atoms with Crippen LogP contribution in [0.3, 0.4) is 0 Å². The molecule has 1 aliphatic rings. The molecule has 1 fully saturated rings. The number of carbonyl (C=O) groups excluding carboxylic acids is 2. The third-order valence-corrected chi connectivity index (χ3v) is 7.39. The standard InChI is InChI=1S/C28H32F7N3O3/c1-16-9-22(29)5-6-23(16)24-10-18(14-36-25(39)15-41-4)7-8-38(24)26(40)37(3)17(2)19-11-20(27(30,31)32)13-21(12-19)28(33,34)35/h5-6,9,11-13,17-18,24H,7-8,10,14-15H2,1-4H3,(H,36,39)/t17-,18-,24+/m0/s1. The second-order valence-corrected chi connectivity index (χ2v) is 10.2. The number of nitrogens with one attached hydrogen (secondary N) is 1. The van der Waals surface area contributed by atoms with E-state index in [0.717, 1.165) is 4.90 Å². The van der Waals surface area contributed by atoms with Crippen LogP contribution in [0, 0.1) is 18.7 Å². The van der Waals surface area contributed by atoms with Crippen LogP contribution in [0.25, 0.3) is 0 Å². The van der Waals surface area contributed by atoms with Crippen molar-refractivity contribution < 1.29 is 45.1 Å². The summed E-state index contributed by atoms with van der Waals surface area (Å²) in [5.41, 5.74) is -2.04. The predicted molar refractivity (Wildman–Crippen MR) is 136 cm³/mol. The van der Waals surface area contributed by atoms with Crippen LogP contribution in [0.15, 0.2) is 36.4 Å². The van der Waals surface area contributed by atoms with Gasteiger partial charge in [-0.15, -0.1) is 0 Å². The average molecular weight is 592 g/mol. The van der Waals surface area contributed by atoms with Crippen molar-refractivity contribution in [2.75, 3.05) is 33.9 Å². The van der Waals surface area contributed by atoms with Crippen LogP contribution in [-0.2, 0) is 21.9 Å². The van der Waals surface area contributed by atoms with Crippen LogP contribution in [0.2, 0.25) is 0 Å². The fourth-order valence-corrected chi connectivity index (χ4v) is 5.01. The molecule has 1 saturated heterocycles. The normalized spacial score (nSPS) is 18.7. The summed E-state index contributed by atoms with van der Waals surface area (Å²) in [6, 6.07) is 3.04. The first-order chi connectivity index (χ1) is 19.0. The maximum absolute atomic E-state index is 13.9. The van der Waals surface area contributed by atoms with E-state index in [1.54, 1.807) is 13.0 Å². The molecular formula is C28H32F7N3O3. The summed E-state index contributed by atoms with van der Waals surface area (Å²) in [7, 11) is 2.70. The molecule has 1 aliphatic heterocycles. The second kappa shape index (κ2) is 12.7. The molecule has 41 heavy (non-hydrogen) atoms. The number of halogens is 7. The van der Waals surface area contributed by atoms with Gasteiger partial charge >= 0.3 is 18.4 Å². The van der Waals surface area contributed by atoms with Crippen molar-refractivity contribution in [2.24, 2.45) is 5.92 Å². The molecule has 13 heteroatoms. The van der Waals surface area contributed by atoms with Crippen LogP contribution >= 0.6 is 0 Å². The molecule has 0 radical (unpaired) electrons. The summed E-state index contributed by atoms with van der Waals surface area (Å²) >= 11 is 0. The number of hydrogen-bond donors (Lipinski definition) is 1. The van der Waals surface area contributed by atoms with E-state index in [0.29, 0.717) is 42.6 Å². The minimum atomic E-state index is -5.02. The lowest BCUT2D eigenvalue weighted by Crippen LogP contribution is -2.49. The maximum atomic E-state index is 13.9. The Morgan fingerprint density at radius 3 is 2.22 bits per heavy atom.